The Kier molecular flexibility index (Phi) is 5.47. The predicted molar refractivity (Wildman–Crippen MR) is 102 cm³/mol. The topological polar surface area (TPSA) is 60.1 Å². The summed E-state index contributed by atoms with van der Waals surface area (Å²) in [6.07, 6.45) is 2.30. The number of aromatic nitrogens is 2. The minimum atomic E-state index is -0.159. The van der Waals surface area contributed by atoms with E-state index in [1.165, 1.54) is 0 Å². The Morgan fingerprint density at radius 3 is 2.69 bits per heavy atom. The molecular weight excluding hydrogens is 350 g/mol. The summed E-state index contributed by atoms with van der Waals surface area (Å²) < 4.78 is 7.03. The van der Waals surface area contributed by atoms with Gasteiger partial charge in [0.05, 0.1) is 40.5 Å². The summed E-state index contributed by atoms with van der Waals surface area (Å²) in [5, 5.41) is 8.21. The van der Waals surface area contributed by atoms with Gasteiger partial charge in [-0.3, -0.25) is 4.79 Å². The molecular formula is C20H22ClN3O2. The zero-order chi connectivity index (χ0) is 18.7. The Bertz CT molecular complexity index is 898. The second kappa shape index (κ2) is 7.79. The number of nitrogens with one attached hydrogen (secondary N) is 1. The van der Waals surface area contributed by atoms with Gasteiger partial charge in [0.1, 0.15) is 5.76 Å². The molecule has 1 N–H and O–H groups in total. The highest BCUT2D eigenvalue weighted by atomic mass is 35.5. The number of para-hydroxylation sites is 1. The molecule has 1 aromatic carbocycles. The summed E-state index contributed by atoms with van der Waals surface area (Å²) in [6.45, 7) is 6.44. The van der Waals surface area contributed by atoms with E-state index in [2.05, 4.69) is 19.2 Å². The van der Waals surface area contributed by atoms with Crippen LogP contribution in [-0.2, 0) is 13.0 Å². The first-order valence-electron chi connectivity index (χ1n) is 8.61. The Hall–Kier alpha value is -2.53. The van der Waals surface area contributed by atoms with E-state index in [1.54, 1.807) is 17.0 Å². The van der Waals surface area contributed by atoms with E-state index in [9.17, 15) is 4.79 Å². The molecule has 0 fully saturated rings. The van der Waals surface area contributed by atoms with Gasteiger partial charge in [0.2, 0.25) is 0 Å². The fourth-order valence-corrected chi connectivity index (χ4v) is 3.13. The summed E-state index contributed by atoms with van der Waals surface area (Å²) >= 11 is 6.33. The minimum absolute atomic E-state index is 0.159. The van der Waals surface area contributed by atoms with Crippen molar-refractivity contribution in [1.82, 2.24) is 15.1 Å². The number of carbonyl (C=O) groups excluding carboxylic acids is 1. The number of nitrogens with zero attached hydrogens (tertiary/aromatic N) is 2. The first-order valence-corrected chi connectivity index (χ1v) is 8.99. The van der Waals surface area contributed by atoms with Crippen molar-refractivity contribution in [3.05, 3.63) is 70.4 Å². The van der Waals surface area contributed by atoms with Crippen molar-refractivity contribution < 1.29 is 9.21 Å². The number of amides is 1. The number of benzene rings is 1. The summed E-state index contributed by atoms with van der Waals surface area (Å²) in [7, 11) is 0. The van der Waals surface area contributed by atoms with Gasteiger partial charge in [0, 0.05) is 0 Å². The van der Waals surface area contributed by atoms with E-state index in [0.29, 0.717) is 35.2 Å². The SMILES string of the molecule is Cc1c(C(=O)NCc2ccco2)c(CC(C)C)nn1-c1ccccc1Cl. The quantitative estimate of drug-likeness (QED) is 0.691. The van der Waals surface area contributed by atoms with Crippen molar-refractivity contribution >= 4 is 17.5 Å². The molecule has 0 spiro atoms. The average Bonchev–Trinajstić information content (AvgIpc) is 3.21. The molecule has 0 saturated heterocycles. The van der Waals surface area contributed by atoms with Crippen molar-refractivity contribution in [1.29, 1.82) is 0 Å². The molecule has 6 heteroatoms. The second-order valence-electron chi connectivity index (χ2n) is 6.63. The number of hydrogen-bond donors (Lipinski definition) is 1. The molecule has 5 nitrogen and oxygen atoms in total. The molecule has 136 valence electrons. The molecule has 0 saturated carbocycles. The van der Waals surface area contributed by atoms with E-state index < -0.39 is 0 Å². The van der Waals surface area contributed by atoms with Crippen LogP contribution in [0.2, 0.25) is 5.02 Å². The van der Waals surface area contributed by atoms with E-state index in [-0.39, 0.29) is 5.91 Å². The fraction of sp³-hybridized carbons (Fsp3) is 0.300. The molecule has 1 amide bonds. The zero-order valence-corrected chi connectivity index (χ0v) is 15.9. The van der Waals surface area contributed by atoms with E-state index >= 15 is 0 Å². The smallest absolute Gasteiger partial charge is 0.255 e. The third kappa shape index (κ3) is 3.83. The van der Waals surface area contributed by atoms with Crippen molar-refractivity contribution in [2.75, 3.05) is 0 Å². The highest BCUT2D eigenvalue weighted by Crippen LogP contribution is 2.25. The fourth-order valence-electron chi connectivity index (χ4n) is 2.91. The lowest BCUT2D eigenvalue weighted by Gasteiger charge is -2.08. The summed E-state index contributed by atoms with van der Waals surface area (Å²) in [6, 6.07) is 11.1. The third-order valence-electron chi connectivity index (χ3n) is 4.10. The van der Waals surface area contributed by atoms with Crippen molar-refractivity contribution in [2.45, 2.75) is 33.7 Å². The summed E-state index contributed by atoms with van der Waals surface area (Å²) in [5.74, 6) is 0.924. The first kappa shape index (κ1) is 18.3. The molecule has 0 aliphatic heterocycles. The van der Waals surface area contributed by atoms with Gasteiger partial charge in [-0.15, -0.1) is 0 Å². The number of furan rings is 1. The van der Waals surface area contributed by atoms with Crippen LogP contribution >= 0.6 is 11.6 Å². The number of carbonyl (C=O) groups is 1. The van der Waals surface area contributed by atoms with Crippen molar-refractivity contribution in [3.8, 4) is 5.69 Å². The van der Waals surface area contributed by atoms with Gasteiger partial charge < -0.3 is 9.73 Å². The monoisotopic (exact) mass is 371 g/mol. The van der Waals surface area contributed by atoms with Gasteiger partial charge in [0.25, 0.3) is 5.91 Å². The van der Waals surface area contributed by atoms with Gasteiger partial charge in [-0.25, -0.2) is 4.68 Å². The maximum atomic E-state index is 12.9. The van der Waals surface area contributed by atoms with Gasteiger partial charge in [-0.1, -0.05) is 37.6 Å². The lowest BCUT2D eigenvalue weighted by Crippen LogP contribution is -2.24. The molecule has 0 radical (unpaired) electrons. The standard InChI is InChI=1S/C20H22ClN3O2/c1-13(2)11-17-19(20(25)22-12-15-7-6-10-26-15)14(3)24(23-17)18-9-5-4-8-16(18)21/h4-10,13H,11-12H2,1-3H3,(H,22,25). The molecule has 3 aromatic rings. The molecule has 2 aromatic heterocycles. The first-order chi connectivity index (χ1) is 12.5. The van der Waals surface area contributed by atoms with Crippen molar-refractivity contribution in [3.63, 3.8) is 0 Å². The minimum Gasteiger partial charge on any atom is -0.467 e. The Balaban J connectivity index is 1.96. The maximum Gasteiger partial charge on any atom is 0.255 e. The maximum absolute atomic E-state index is 12.9. The van der Waals surface area contributed by atoms with Gasteiger partial charge in [0.15, 0.2) is 0 Å². The molecule has 26 heavy (non-hydrogen) atoms. The van der Waals surface area contributed by atoms with Gasteiger partial charge in [-0.05, 0) is 43.5 Å². The van der Waals surface area contributed by atoms with Crippen molar-refractivity contribution in [2.24, 2.45) is 5.92 Å². The number of hydrogen-bond acceptors (Lipinski definition) is 3. The van der Waals surface area contributed by atoms with Crippen LogP contribution in [0.25, 0.3) is 5.69 Å². The van der Waals surface area contributed by atoms with Crippen LogP contribution in [0.4, 0.5) is 0 Å². The Morgan fingerprint density at radius 1 is 1.27 bits per heavy atom. The molecule has 3 rings (SSSR count). The number of rotatable bonds is 6. The molecule has 2 heterocycles. The largest absolute Gasteiger partial charge is 0.467 e. The molecule has 0 aliphatic carbocycles. The van der Waals surface area contributed by atoms with Crippen LogP contribution in [0.1, 0.15) is 41.4 Å². The molecule has 0 aliphatic rings. The van der Waals surface area contributed by atoms with E-state index in [4.69, 9.17) is 21.1 Å². The second-order valence-corrected chi connectivity index (χ2v) is 7.04. The number of halogens is 1. The third-order valence-corrected chi connectivity index (χ3v) is 4.42. The lowest BCUT2D eigenvalue weighted by molar-refractivity contribution is 0.0946. The van der Waals surface area contributed by atoms with Crippen LogP contribution in [0.15, 0.2) is 47.1 Å². The highest BCUT2D eigenvalue weighted by molar-refractivity contribution is 6.32. The average molecular weight is 372 g/mol. The predicted octanol–water partition coefficient (Wildman–Crippen LogP) is 4.56. The van der Waals surface area contributed by atoms with Crippen LogP contribution in [-0.4, -0.2) is 15.7 Å². The summed E-state index contributed by atoms with van der Waals surface area (Å²) in [5.41, 5.74) is 2.91. The van der Waals surface area contributed by atoms with Crippen LogP contribution < -0.4 is 5.32 Å². The summed E-state index contributed by atoms with van der Waals surface area (Å²) in [4.78, 5) is 12.9. The van der Waals surface area contributed by atoms with Gasteiger partial charge >= 0.3 is 0 Å². The lowest BCUT2D eigenvalue weighted by atomic mass is 10.0. The van der Waals surface area contributed by atoms with Crippen LogP contribution in [0.5, 0.6) is 0 Å². The molecule has 0 unspecified atom stereocenters. The van der Waals surface area contributed by atoms with Gasteiger partial charge in [-0.2, -0.15) is 5.10 Å². The van der Waals surface area contributed by atoms with E-state index in [0.717, 1.165) is 17.1 Å². The Morgan fingerprint density at radius 2 is 2.04 bits per heavy atom. The molecule has 0 atom stereocenters. The zero-order valence-electron chi connectivity index (χ0n) is 15.1. The van der Waals surface area contributed by atoms with E-state index in [1.807, 2.05) is 37.3 Å². The van der Waals surface area contributed by atoms with Crippen LogP contribution in [0.3, 0.4) is 0 Å². The highest BCUT2D eigenvalue weighted by Gasteiger charge is 2.23. The normalized spacial score (nSPS) is 11.1. The molecule has 0 bridgehead atoms. The van der Waals surface area contributed by atoms with Crippen LogP contribution in [0, 0.1) is 12.8 Å². The Labute approximate surface area is 158 Å².